The highest BCUT2D eigenvalue weighted by Gasteiger charge is 2.12. The molecular weight excluding hydrogens is 348 g/mol. The third kappa shape index (κ3) is 4.40. The quantitative estimate of drug-likeness (QED) is 0.665. The SMILES string of the molecule is CCc1cccc(NC(=O)c2ccc(OCc3cscn3)c(OC)c2)c1. The highest BCUT2D eigenvalue weighted by atomic mass is 32.1. The minimum Gasteiger partial charge on any atom is -0.493 e. The summed E-state index contributed by atoms with van der Waals surface area (Å²) >= 11 is 1.52. The van der Waals surface area contributed by atoms with Crippen LogP contribution < -0.4 is 14.8 Å². The molecular formula is C20H20N2O3S. The van der Waals surface area contributed by atoms with Gasteiger partial charge in [-0.3, -0.25) is 4.79 Å². The highest BCUT2D eigenvalue weighted by molar-refractivity contribution is 7.07. The summed E-state index contributed by atoms with van der Waals surface area (Å²) in [5.41, 5.74) is 5.07. The topological polar surface area (TPSA) is 60.5 Å². The molecule has 0 fully saturated rings. The van der Waals surface area contributed by atoms with Gasteiger partial charge in [-0.2, -0.15) is 0 Å². The maximum Gasteiger partial charge on any atom is 0.255 e. The molecule has 26 heavy (non-hydrogen) atoms. The van der Waals surface area contributed by atoms with Crippen molar-refractivity contribution < 1.29 is 14.3 Å². The number of anilines is 1. The molecule has 5 nitrogen and oxygen atoms in total. The van der Waals surface area contributed by atoms with E-state index in [0.29, 0.717) is 23.7 Å². The van der Waals surface area contributed by atoms with Crippen LogP contribution in [0.2, 0.25) is 0 Å². The number of carbonyl (C=O) groups excluding carboxylic acids is 1. The molecule has 6 heteroatoms. The Balaban J connectivity index is 1.72. The molecule has 1 amide bonds. The number of thiazole rings is 1. The monoisotopic (exact) mass is 368 g/mol. The fourth-order valence-corrected chi connectivity index (χ4v) is 3.00. The lowest BCUT2D eigenvalue weighted by molar-refractivity contribution is 0.102. The predicted molar refractivity (Wildman–Crippen MR) is 103 cm³/mol. The van der Waals surface area contributed by atoms with Crippen molar-refractivity contribution in [3.8, 4) is 11.5 Å². The standard InChI is InChI=1S/C20H20N2O3S/c1-3-14-5-4-6-16(9-14)22-20(23)15-7-8-18(19(10-15)24-2)25-11-17-12-26-13-21-17/h4-10,12-13H,3,11H2,1-2H3,(H,22,23). The number of rotatable bonds is 7. The lowest BCUT2D eigenvalue weighted by atomic mass is 10.1. The zero-order valence-electron chi connectivity index (χ0n) is 14.7. The van der Waals surface area contributed by atoms with Crippen LogP contribution in [0, 0.1) is 0 Å². The van der Waals surface area contributed by atoms with Crippen molar-refractivity contribution in [1.29, 1.82) is 0 Å². The van der Waals surface area contributed by atoms with Gasteiger partial charge in [-0.05, 0) is 42.3 Å². The first-order valence-corrected chi connectivity index (χ1v) is 9.22. The van der Waals surface area contributed by atoms with Crippen molar-refractivity contribution in [1.82, 2.24) is 4.98 Å². The third-order valence-electron chi connectivity index (χ3n) is 3.88. The van der Waals surface area contributed by atoms with E-state index < -0.39 is 0 Å². The molecule has 2 aromatic carbocycles. The van der Waals surface area contributed by atoms with Crippen LogP contribution in [0.3, 0.4) is 0 Å². The Kier molecular flexibility index (Phi) is 5.86. The van der Waals surface area contributed by atoms with Crippen LogP contribution in [0.1, 0.15) is 28.5 Å². The molecule has 0 radical (unpaired) electrons. The number of amides is 1. The van der Waals surface area contributed by atoms with Crippen molar-refractivity contribution >= 4 is 22.9 Å². The second kappa shape index (κ2) is 8.49. The first-order valence-electron chi connectivity index (χ1n) is 8.27. The van der Waals surface area contributed by atoms with E-state index in [0.717, 1.165) is 17.8 Å². The van der Waals surface area contributed by atoms with Gasteiger partial charge in [-0.15, -0.1) is 11.3 Å². The number of benzene rings is 2. The Morgan fingerprint density at radius 2 is 2.08 bits per heavy atom. The number of aromatic nitrogens is 1. The van der Waals surface area contributed by atoms with E-state index in [1.807, 2.05) is 29.6 Å². The maximum atomic E-state index is 12.5. The Bertz CT molecular complexity index is 879. The van der Waals surface area contributed by atoms with Crippen molar-refractivity contribution in [2.24, 2.45) is 0 Å². The molecule has 0 saturated carbocycles. The van der Waals surface area contributed by atoms with Gasteiger partial charge in [0.15, 0.2) is 11.5 Å². The number of aryl methyl sites for hydroxylation is 1. The Morgan fingerprint density at radius 1 is 1.19 bits per heavy atom. The summed E-state index contributed by atoms with van der Waals surface area (Å²) in [4.78, 5) is 16.7. The van der Waals surface area contributed by atoms with Crippen molar-refractivity contribution in [3.63, 3.8) is 0 Å². The molecule has 0 aliphatic heterocycles. The molecule has 0 unspecified atom stereocenters. The number of methoxy groups -OCH3 is 1. The molecule has 0 saturated heterocycles. The number of hydrogen-bond donors (Lipinski definition) is 1. The van der Waals surface area contributed by atoms with Crippen molar-refractivity contribution in [2.45, 2.75) is 20.0 Å². The van der Waals surface area contributed by atoms with Gasteiger partial charge in [-0.1, -0.05) is 19.1 Å². The van der Waals surface area contributed by atoms with E-state index in [1.165, 1.54) is 16.9 Å². The second-order valence-corrected chi connectivity index (χ2v) is 6.36. The summed E-state index contributed by atoms with van der Waals surface area (Å²) in [7, 11) is 1.55. The summed E-state index contributed by atoms with van der Waals surface area (Å²) in [6, 6.07) is 13.0. The van der Waals surface area contributed by atoms with Gasteiger partial charge >= 0.3 is 0 Å². The third-order valence-corrected chi connectivity index (χ3v) is 4.51. The Hall–Kier alpha value is -2.86. The van der Waals surface area contributed by atoms with Crippen LogP contribution in [-0.2, 0) is 13.0 Å². The van der Waals surface area contributed by atoms with Gasteiger partial charge in [0.25, 0.3) is 5.91 Å². The number of nitrogens with one attached hydrogen (secondary N) is 1. The molecule has 3 aromatic rings. The lowest BCUT2D eigenvalue weighted by Gasteiger charge is -2.12. The summed E-state index contributed by atoms with van der Waals surface area (Å²) in [6.07, 6.45) is 0.919. The van der Waals surface area contributed by atoms with E-state index in [4.69, 9.17) is 9.47 Å². The minimum atomic E-state index is -0.192. The van der Waals surface area contributed by atoms with Crippen LogP contribution in [0.4, 0.5) is 5.69 Å². The summed E-state index contributed by atoms with van der Waals surface area (Å²) < 4.78 is 11.1. The summed E-state index contributed by atoms with van der Waals surface area (Å²) in [5, 5.41) is 4.84. The largest absolute Gasteiger partial charge is 0.493 e. The summed E-state index contributed by atoms with van der Waals surface area (Å²) in [6.45, 7) is 2.44. The molecule has 1 N–H and O–H groups in total. The van der Waals surface area contributed by atoms with Crippen LogP contribution in [-0.4, -0.2) is 18.0 Å². The van der Waals surface area contributed by atoms with E-state index in [-0.39, 0.29) is 5.91 Å². The van der Waals surface area contributed by atoms with Gasteiger partial charge in [0.05, 0.1) is 18.3 Å². The molecule has 0 aliphatic carbocycles. The maximum absolute atomic E-state index is 12.5. The van der Waals surface area contributed by atoms with Gasteiger partial charge in [0.2, 0.25) is 0 Å². The number of hydrogen-bond acceptors (Lipinski definition) is 5. The number of carbonyl (C=O) groups is 1. The molecule has 0 spiro atoms. The van der Waals surface area contributed by atoms with Crippen molar-refractivity contribution in [2.75, 3.05) is 12.4 Å². The van der Waals surface area contributed by atoms with Gasteiger partial charge in [-0.25, -0.2) is 4.98 Å². The fraction of sp³-hybridized carbons (Fsp3) is 0.200. The first-order chi connectivity index (χ1) is 12.7. The molecule has 0 bridgehead atoms. The normalized spacial score (nSPS) is 10.4. The average molecular weight is 368 g/mol. The van der Waals surface area contributed by atoms with Gasteiger partial charge < -0.3 is 14.8 Å². The number of nitrogens with zero attached hydrogens (tertiary/aromatic N) is 1. The van der Waals surface area contributed by atoms with E-state index >= 15 is 0 Å². The van der Waals surface area contributed by atoms with E-state index in [9.17, 15) is 4.79 Å². The van der Waals surface area contributed by atoms with E-state index in [1.54, 1.807) is 30.8 Å². The smallest absolute Gasteiger partial charge is 0.255 e. The lowest BCUT2D eigenvalue weighted by Crippen LogP contribution is -2.12. The van der Waals surface area contributed by atoms with Crippen LogP contribution >= 0.6 is 11.3 Å². The zero-order valence-corrected chi connectivity index (χ0v) is 15.5. The molecule has 0 aliphatic rings. The first kappa shape index (κ1) is 17.9. The fourth-order valence-electron chi connectivity index (χ4n) is 2.46. The van der Waals surface area contributed by atoms with Crippen LogP contribution in [0.15, 0.2) is 53.4 Å². The van der Waals surface area contributed by atoms with Crippen LogP contribution in [0.5, 0.6) is 11.5 Å². The predicted octanol–water partition coefficient (Wildman–Crippen LogP) is 4.55. The Labute approximate surface area is 156 Å². The average Bonchev–Trinajstić information content (AvgIpc) is 3.20. The van der Waals surface area contributed by atoms with Crippen LogP contribution in [0.25, 0.3) is 0 Å². The van der Waals surface area contributed by atoms with Crippen molar-refractivity contribution in [3.05, 3.63) is 70.2 Å². The minimum absolute atomic E-state index is 0.192. The summed E-state index contributed by atoms with van der Waals surface area (Å²) in [5.74, 6) is 0.892. The Morgan fingerprint density at radius 3 is 2.81 bits per heavy atom. The number of ether oxygens (including phenoxy) is 2. The van der Waals surface area contributed by atoms with E-state index in [2.05, 4.69) is 17.2 Å². The zero-order chi connectivity index (χ0) is 18.4. The molecule has 134 valence electrons. The highest BCUT2D eigenvalue weighted by Crippen LogP contribution is 2.29. The molecule has 0 atom stereocenters. The molecule has 1 aromatic heterocycles. The van der Waals surface area contributed by atoms with Gasteiger partial charge in [0, 0.05) is 16.6 Å². The molecule has 3 rings (SSSR count). The molecule has 1 heterocycles. The van der Waals surface area contributed by atoms with Gasteiger partial charge in [0.1, 0.15) is 6.61 Å². The second-order valence-electron chi connectivity index (χ2n) is 5.64.